The van der Waals surface area contributed by atoms with Gasteiger partial charge >= 0.3 is 0 Å². The summed E-state index contributed by atoms with van der Waals surface area (Å²) in [5.41, 5.74) is 9.16. The Morgan fingerprint density at radius 2 is 1.68 bits per heavy atom. The van der Waals surface area contributed by atoms with E-state index in [1.54, 1.807) is 13.3 Å². The molecule has 1 amide bonds. The molecule has 2 aromatic heterocycles. The lowest BCUT2D eigenvalue weighted by molar-refractivity contribution is -0.118. The Bertz CT molecular complexity index is 1640. The van der Waals surface area contributed by atoms with Gasteiger partial charge in [-0.3, -0.25) is 9.36 Å². The maximum Gasteiger partial charge on any atom is 0.250 e. The van der Waals surface area contributed by atoms with Crippen molar-refractivity contribution in [2.75, 3.05) is 12.9 Å². The third-order valence-corrected chi connectivity index (χ3v) is 7.27. The van der Waals surface area contributed by atoms with Crippen LogP contribution >= 0.6 is 11.8 Å². The number of amides is 1. The van der Waals surface area contributed by atoms with Gasteiger partial charge in [0.25, 0.3) is 5.91 Å². The van der Waals surface area contributed by atoms with Gasteiger partial charge < -0.3 is 4.74 Å². The van der Waals surface area contributed by atoms with Gasteiger partial charge in [0.15, 0.2) is 11.0 Å². The van der Waals surface area contributed by atoms with Crippen molar-refractivity contribution in [3.05, 3.63) is 101 Å². The zero-order chi connectivity index (χ0) is 28.1. The van der Waals surface area contributed by atoms with E-state index in [1.165, 1.54) is 11.8 Å². The Balaban J connectivity index is 1.31. The maximum atomic E-state index is 12.7. The van der Waals surface area contributed by atoms with Crippen LogP contribution in [0.25, 0.3) is 22.8 Å². The van der Waals surface area contributed by atoms with Crippen molar-refractivity contribution in [3.8, 4) is 28.5 Å². The normalized spacial score (nSPS) is 11.2. The van der Waals surface area contributed by atoms with Crippen LogP contribution in [0.15, 0.2) is 89.1 Å². The number of thioether (sulfide) groups is 1. The molecule has 0 saturated carbocycles. The van der Waals surface area contributed by atoms with E-state index in [1.807, 2.05) is 109 Å². The van der Waals surface area contributed by atoms with E-state index in [-0.39, 0.29) is 11.7 Å². The van der Waals surface area contributed by atoms with Gasteiger partial charge in [0.05, 0.1) is 36.2 Å². The summed E-state index contributed by atoms with van der Waals surface area (Å²) in [6.45, 7) is 5.94. The van der Waals surface area contributed by atoms with Gasteiger partial charge in [-0.05, 0) is 69.3 Å². The van der Waals surface area contributed by atoms with E-state index >= 15 is 0 Å². The highest BCUT2D eigenvalue weighted by atomic mass is 32.2. The molecular weight excluding hydrogens is 522 g/mol. The van der Waals surface area contributed by atoms with Gasteiger partial charge in [-0.1, -0.05) is 47.7 Å². The van der Waals surface area contributed by atoms with Crippen molar-refractivity contribution < 1.29 is 9.53 Å². The molecule has 0 fully saturated rings. The van der Waals surface area contributed by atoms with E-state index < -0.39 is 0 Å². The third kappa shape index (κ3) is 5.81. The van der Waals surface area contributed by atoms with Crippen molar-refractivity contribution in [1.82, 2.24) is 30.0 Å². The molecule has 0 aliphatic rings. The fourth-order valence-electron chi connectivity index (χ4n) is 4.21. The molecule has 0 aliphatic carbocycles. The van der Waals surface area contributed by atoms with Gasteiger partial charge in [-0.15, -0.1) is 10.2 Å². The zero-order valence-electron chi connectivity index (χ0n) is 22.7. The fraction of sp³-hybridized carbons (Fsp3) is 0.167. The average molecular weight is 552 g/mol. The van der Waals surface area contributed by atoms with Crippen molar-refractivity contribution in [1.29, 1.82) is 0 Å². The van der Waals surface area contributed by atoms with Crippen LogP contribution in [0.5, 0.6) is 5.75 Å². The number of para-hydroxylation sites is 1. The summed E-state index contributed by atoms with van der Waals surface area (Å²) in [7, 11) is 1.63. The molecule has 3 aromatic carbocycles. The summed E-state index contributed by atoms with van der Waals surface area (Å²) in [6, 6.07) is 25.6. The lowest BCUT2D eigenvalue weighted by Gasteiger charge is -2.11. The molecule has 9 nitrogen and oxygen atoms in total. The molecule has 0 saturated heterocycles. The number of ether oxygens (including phenoxy) is 1. The summed E-state index contributed by atoms with van der Waals surface area (Å²) in [5.74, 6) is 1.30. The van der Waals surface area contributed by atoms with Crippen LogP contribution in [0.2, 0.25) is 0 Å². The molecule has 1 N–H and O–H groups in total. The Morgan fingerprint density at radius 1 is 0.950 bits per heavy atom. The summed E-state index contributed by atoms with van der Waals surface area (Å²) in [5, 5.41) is 18.3. The first-order valence-electron chi connectivity index (χ1n) is 12.7. The molecule has 0 aliphatic heterocycles. The second-order valence-electron chi connectivity index (χ2n) is 9.12. The van der Waals surface area contributed by atoms with Crippen LogP contribution in [0.1, 0.15) is 22.5 Å². The van der Waals surface area contributed by atoms with Crippen LogP contribution in [0, 0.1) is 20.8 Å². The molecule has 0 unspecified atom stereocenters. The maximum absolute atomic E-state index is 12.7. The number of aryl methyl sites for hydroxylation is 2. The minimum Gasteiger partial charge on any atom is -0.497 e. The molecule has 10 heteroatoms. The largest absolute Gasteiger partial charge is 0.497 e. The van der Waals surface area contributed by atoms with E-state index in [9.17, 15) is 4.79 Å². The van der Waals surface area contributed by atoms with Gasteiger partial charge in [0, 0.05) is 16.8 Å². The number of hydrazone groups is 1. The number of carbonyl (C=O) groups is 1. The lowest BCUT2D eigenvalue weighted by Crippen LogP contribution is -2.20. The predicted molar refractivity (Wildman–Crippen MR) is 158 cm³/mol. The van der Waals surface area contributed by atoms with Gasteiger partial charge in [0.1, 0.15) is 5.75 Å². The Hall–Kier alpha value is -4.70. The van der Waals surface area contributed by atoms with Crippen LogP contribution in [0.3, 0.4) is 0 Å². The molecule has 0 atom stereocenters. The molecule has 40 heavy (non-hydrogen) atoms. The van der Waals surface area contributed by atoms with E-state index in [2.05, 4.69) is 25.8 Å². The topological polar surface area (TPSA) is 99.2 Å². The molecule has 5 aromatic rings. The fourth-order valence-corrected chi connectivity index (χ4v) is 4.95. The predicted octanol–water partition coefficient (Wildman–Crippen LogP) is 5.30. The number of nitrogens with zero attached hydrogens (tertiary/aromatic N) is 6. The molecule has 0 spiro atoms. The second kappa shape index (κ2) is 12.0. The smallest absolute Gasteiger partial charge is 0.250 e. The summed E-state index contributed by atoms with van der Waals surface area (Å²) < 4.78 is 9.11. The minimum atomic E-state index is -0.253. The monoisotopic (exact) mass is 551 g/mol. The average Bonchev–Trinajstić information content (AvgIpc) is 3.53. The highest BCUT2D eigenvalue weighted by molar-refractivity contribution is 7.99. The number of rotatable bonds is 9. The SMILES string of the molecule is COc1ccc(-c2nnc(SCC(=O)N/N=C\c3c(C)nn(-c4ccccc4)c3C)n2-c2ccc(C)cc2)cc1. The molecule has 202 valence electrons. The van der Waals surface area contributed by atoms with Gasteiger partial charge in [0.2, 0.25) is 0 Å². The van der Waals surface area contributed by atoms with E-state index in [0.29, 0.717) is 11.0 Å². The van der Waals surface area contributed by atoms with Crippen molar-refractivity contribution in [3.63, 3.8) is 0 Å². The van der Waals surface area contributed by atoms with Crippen LogP contribution < -0.4 is 10.2 Å². The van der Waals surface area contributed by atoms with Crippen molar-refractivity contribution >= 4 is 23.9 Å². The summed E-state index contributed by atoms with van der Waals surface area (Å²) in [4.78, 5) is 12.7. The van der Waals surface area contributed by atoms with Gasteiger partial charge in [-0.2, -0.15) is 10.2 Å². The molecule has 2 heterocycles. The quantitative estimate of drug-likeness (QED) is 0.152. The summed E-state index contributed by atoms with van der Waals surface area (Å²) >= 11 is 1.29. The Labute approximate surface area is 236 Å². The third-order valence-electron chi connectivity index (χ3n) is 6.34. The van der Waals surface area contributed by atoms with Crippen LogP contribution in [-0.4, -0.2) is 49.5 Å². The van der Waals surface area contributed by atoms with E-state index in [0.717, 1.165) is 45.2 Å². The van der Waals surface area contributed by atoms with Crippen molar-refractivity contribution in [2.45, 2.75) is 25.9 Å². The second-order valence-corrected chi connectivity index (χ2v) is 10.1. The van der Waals surface area contributed by atoms with Crippen LogP contribution in [-0.2, 0) is 4.79 Å². The van der Waals surface area contributed by atoms with Gasteiger partial charge in [-0.25, -0.2) is 10.1 Å². The molecule has 0 radical (unpaired) electrons. The summed E-state index contributed by atoms with van der Waals surface area (Å²) in [6.07, 6.45) is 1.64. The highest BCUT2D eigenvalue weighted by Crippen LogP contribution is 2.29. The number of nitrogens with one attached hydrogen (secondary N) is 1. The van der Waals surface area contributed by atoms with Crippen molar-refractivity contribution in [2.24, 2.45) is 5.10 Å². The number of hydrogen-bond acceptors (Lipinski definition) is 7. The molecule has 5 rings (SSSR count). The number of methoxy groups -OCH3 is 1. The Kier molecular flexibility index (Phi) is 8.07. The lowest BCUT2D eigenvalue weighted by atomic mass is 10.2. The standard InChI is InChI=1S/C30H29N7O2S/c1-20-10-14-24(15-11-20)36-29(23-12-16-26(39-4)17-13-23)33-34-30(36)40-19-28(38)32-31-18-27-21(2)35-37(22(27)3)25-8-6-5-7-9-25/h5-18H,19H2,1-4H3,(H,32,38)/b31-18-. The first-order chi connectivity index (χ1) is 19.4. The number of hydrogen-bond donors (Lipinski definition) is 1. The molecule has 0 bridgehead atoms. The first-order valence-corrected chi connectivity index (χ1v) is 13.7. The number of aromatic nitrogens is 5. The minimum absolute atomic E-state index is 0.116. The number of carbonyl (C=O) groups excluding carboxylic acids is 1. The first kappa shape index (κ1) is 26.9. The molecular formula is C30H29N7O2S. The zero-order valence-corrected chi connectivity index (χ0v) is 23.5. The van der Waals surface area contributed by atoms with Crippen LogP contribution in [0.4, 0.5) is 0 Å². The highest BCUT2D eigenvalue weighted by Gasteiger charge is 2.18. The van der Waals surface area contributed by atoms with E-state index in [4.69, 9.17) is 4.74 Å². The Morgan fingerprint density at radius 3 is 2.38 bits per heavy atom. The number of benzene rings is 3.